The molecule has 1 aromatic rings. The minimum absolute atomic E-state index is 0.379. The second-order valence-corrected chi connectivity index (χ2v) is 5.45. The highest BCUT2D eigenvalue weighted by molar-refractivity contribution is 5.05. The van der Waals surface area contributed by atoms with E-state index in [0.717, 1.165) is 44.4 Å². The van der Waals surface area contributed by atoms with E-state index >= 15 is 0 Å². The molecule has 102 valence electrons. The molecule has 0 aromatic carbocycles. The molecule has 5 heteroatoms. The van der Waals surface area contributed by atoms with Crippen LogP contribution in [-0.2, 0) is 16.7 Å². The minimum atomic E-state index is -0.379. The Kier molecular flexibility index (Phi) is 4.35. The molecule has 0 spiro atoms. The van der Waals surface area contributed by atoms with Crippen LogP contribution in [0.2, 0.25) is 0 Å². The molecule has 0 unspecified atom stereocenters. The lowest BCUT2D eigenvalue weighted by molar-refractivity contribution is 0.191. The summed E-state index contributed by atoms with van der Waals surface area (Å²) in [5.41, 5.74) is 6.02. The molecule has 1 saturated carbocycles. The fourth-order valence-corrected chi connectivity index (χ4v) is 2.43. The molecule has 1 fully saturated rings. The molecule has 2 rings (SSSR count). The summed E-state index contributed by atoms with van der Waals surface area (Å²) in [6, 6.07) is 0. The number of nitrogens with two attached hydrogens (primary N) is 1. The summed E-state index contributed by atoms with van der Waals surface area (Å²) < 4.78 is 10.3. The van der Waals surface area contributed by atoms with Crippen molar-refractivity contribution in [1.82, 2.24) is 10.1 Å². The third-order valence-electron chi connectivity index (χ3n) is 3.82. The van der Waals surface area contributed by atoms with E-state index in [1.165, 1.54) is 0 Å². The zero-order valence-corrected chi connectivity index (χ0v) is 11.3. The van der Waals surface area contributed by atoms with E-state index < -0.39 is 0 Å². The van der Waals surface area contributed by atoms with Crippen LogP contribution in [0.3, 0.4) is 0 Å². The predicted octanol–water partition coefficient (Wildman–Crippen LogP) is 2.01. The molecular formula is C13H23N3O2. The zero-order chi connectivity index (χ0) is 13.0. The van der Waals surface area contributed by atoms with Crippen molar-refractivity contribution in [1.29, 1.82) is 0 Å². The van der Waals surface area contributed by atoms with Crippen molar-refractivity contribution < 1.29 is 9.26 Å². The first-order chi connectivity index (χ1) is 8.64. The van der Waals surface area contributed by atoms with E-state index in [2.05, 4.69) is 17.1 Å². The number of rotatable bonds is 5. The fraction of sp³-hybridized carbons (Fsp3) is 0.846. The summed E-state index contributed by atoms with van der Waals surface area (Å²) in [5, 5.41) is 4.06. The molecule has 2 N–H and O–H groups in total. The van der Waals surface area contributed by atoms with Crippen molar-refractivity contribution in [3.8, 4) is 0 Å². The van der Waals surface area contributed by atoms with Crippen LogP contribution >= 0.6 is 0 Å². The van der Waals surface area contributed by atoms with Gasteiger partial charge in [-0.1, -0.05) is 12.1 Å². The quantitative estimate of drug-likeness (QED) is 0.812. The topological polar surface area (TPSA) is 74.2 Å². The lowest BCUT2D eigenvalue weighted by atomic mass is 9.77. The summed E-state index contributed by atoms with van der Waals surface area (Å²) in [6.07, 6.45) is 5.84. The van der Waals surface area contributed by atoms with Crippen LogP contribution in [0.4, 0.5) is 0 Å². The van der Waals surface area contributed by atoms with Crippen LogP contribution in [0.15, 0.2) is 4.52 Å². The minimum Gasteiger partial charge on any atom is -0.385 e. The highest BCUT2D eigenvalue weighted by atomic mass is 16.5. The third-order valence-corrected chi connectivity index (χ3v) is 3.82. The summed E-state index contributed by atoms with van der Waals surface area (Å²) in [4.78, 5) is 4.44. The standard InChI is InChI=1S/C13H23N3O2/c1-10-5-7-13(14,8-6-10)12-15-11(18-16-12)4-3-9-17-2/h10H,3-9,14H2,1-2H3. The van der Waals surface area contributed by atoms with E-state index in [4.69, 9.17) is 15.0 Å². The number of aromatic nitrogens is 2. The molecule has 5 nitrogen and oxygen atoms in total. The highest BCUT2D eigenvalue weighted by Gasteiger charge is 2.36. The number of hydrogen-bond acceptors (Lipinski definition) is 5. The van der Waals surface area contributed by atoms with Gasteiger partial charge in [-0.15, -0.1) is 0 Å². The van der Waals surface area contributed by atoms with Crippen LogP contribution in [0.5, 0.6) is 0 Å². The SMILES string of the molecule is COCCCc1nc(C2(N)CCC(C)CC2)no1. The van der Waals surface area contributed by atoms with Gasteiger partial charge in [0.25, 0.3) is 0 Å². The smallest absolute Gasteiger partial charge is 0.226 e. The molecule has 0 aliphatic heterocycles. The van der Waals surface area contributed by atoms with Gasteiger partial charge >= 0.3 is 0 Å². The average molecular weight is 253 g/mol. The van der Waals surface area contributed by atoms with Gasteiger partial charge < -0.3 is 15.0 Å². The molecule has 1 aliphatic carbocycles. The van der Waals surface area contributed by atoms with Gasteiger partial charge in [0.15, 0.2) is 5.82 Å². The molecule has 0 amide bonds. The Hall–Kier alpha value is -0.940. The summed E-state index contributed by atoms with van der Waals surface area (Å²) in [6.45, 7) is 2.98. The van der Waals surface area contributed by atoms with Gasteiger partial charge in [0.1, 0.15) is 0 Å². The Labute approximate surface area is 108 Å². The normalized spacial score (nSPS) is 28.5. The second kappa shape index (κ2) is 5.80. The molecule has 0 saturated heterocycles. The Balaban J connectivity index is 1.96. The third kappa shape index (κ3) is 3.09. The number of nitrogens with zero attached hydrogens (tertiary/aromatic N) is 2. The van der Waals surface area contributed by atoms with Crippen LogP contribution in [-0.4, -0.2) is 23.9 Å². The second-order valence-electron chi connectivity index (χ2n) is 5.45. The number of aryl methyl sites for hydroxylation is 1. The van der Waals surface area contributed by atoms with Gasteiger partial charge in [0.2, 0.25) is 5.89 Å². The molecular weight excluding hydrogens is 230 g/mol. The lowest BCUT2D eigenvalue weighted by Gasteiger charge is -2.33. The van der Waals surface area contributed by atoms with Crippen LogP contribution in [0.25, 0.3) is 0 Å². The number of methoxy groups -OCH3 is 1. The number of hydrogen-bond donors (Lipinski definition) is 1. The van der Waals surface area contributed by atoms with Crippen LogP contribution in [0, 0.1) is 5.92 Å². The van der Waals surface area contributed by atoms with Gasteiger partial charge in [-0.2, -0.15) is 4.98 Å². The van der Waals surface area contributed by atoms with Crippen molar-refractivity contribution >= 4 is 0 Å². The maximum atomic E-state index is 6.40. The molecule has 18 heavy (non-hydrogen) atoms. The fourth-order valence-electron chi connectivity index (χ4n) is 2.43. The average Bonchev–Trinajstić information content (AvgIpc) is 2.83. The molecule has 0 radical (unpaired) electrons. The first kappa shape index (κ1) is 13.5. The van der Waals surface area contributed by atoms with Crippen molar-refractivity contribution in [3.05, 3.63) is 11.7 Å². The number of ether oxygens (including phenoxy) is 1. The van der Waals surface area contributed by atoms with Crippen molar-refractivity contribution in [3.63, 3.8) is 0 Å². The first-order valence-corrected chi connectivity index (χ1v) is 6.75. The Morgan fingerprint density at radius 3 is 2.83 bits per heavy atom. The Bertz CT molecular complexity index is 370. The van der Waals surface area contributed by atoms with Crippen molar-refractivity contribution in [2.24, 2.45) is 11.7 Å². The monoisotopic (exact) mass is 253 g/mol. The maximum absolute atomic E-state index is 6.40. The van der Waals surface area contributed by atoms with E-state index in [0.29, 0.717) is 18.3 Å². The summed E-state index contributed by atoms with van der Waals surface area (Å²) in [5.74, 6) is 2.11. The van der Waals surface area contributed by atoms with E-state index in [-0.39, 0.29) is 5.54 Å². The Morgan fingerprint density at radius 2 is 2.17 bits per heavy atom. The van der Waals surface area contributed by atoms with Gasteiger partial charge in [-0.05, 0) is 38.0 Å². The van der Waals surface area contributed by atoms with Crippen LogP contribution in [0.1, 0.15) is 50.7 Å². The van der Waals surface area contributed by atoms with Gasteiger partial charge in [-0.25, -0.2) is 0 Å². The van der Waals surface area contributed by atoms with Gasteiger partial charge in [0.05, 0.1) is 5.54 Å². The van der Waals surface area contributed by atoms with E-state index in [1.54, 1.807) is 7.11 Å². The molecule has 0 atom stereocenters. The van der Waals surface area contributed by atoms with E-state index in [9.17, 15) is 0 Å². The molecule has 1 aliphatic rings. The largest absolute Gasteiger partial charge is 0.385 e. The summed E-state index contributed by atoms with van der Waals surface area (Å²) >= 11 is 0. The van der Waals surface area contributed by atoms with Crippen LogP contribution < -0.4 is 5.73 Å². The molecule has 1 heterocycles. The first-order valence-electron chi connectivity index (χ1n) is 6.75. The van der Waals surface area contributed by atoms with Crippen molar-refractivity contribution in [2.75, 3.05) is 13.7 Å². The maximum Gasteiger partial charge on any atom is 0.226 e. The van der Waals surface area contributed by atoms with Gasteiger partial charge in [-0.3, -0.25) is 0 Å². The highest BCUT2D eigenvalue weighted by Crippen LogP contribution is 2.35. The molecule has 0 bridgehead atoms. The predicted molar refractivity (Wildman–Crippen MR) is 68.0 cm³/mol. The van der Waals surface area contributed by atoms with Gasteiger partial charge in [0, 0.05) is 20.1 Å². The van der Waals surface area contributed by atoms with E-state index in [1.807, 2.05) is 0 Å². The molecule has 1 aromatic heterocycles. The zero-order valence-electron chi connectivity index (χ0n) is 11.3. The summed E-state index contributed by atoms with van der Waals surface area (Å²) in [7, 11) is 1.69. The Morgan fingerprint density at radius 1 is 1.44 bits per heavy atom. The van der Waals surface area contributed by atoms with Crippen molar-refractivity contribution in [2.45, 2.75) is 51.0 Å². The lowest BCUT2D eigenvalue weighted by Crippen LogP contribution is -2.41.